The second-order valence-electron chi connectivity index (χ2n) is 7.30. The molecule has 1 amide bonds. The largest absolute Gasteiger partial charge is 0.384 e. The predicted molar refractivity (Wildman–Crippen MR) is 106 cm³/mol. The third kappa shape index (κ3) is 6.33. The number of benzene rings is 1. The van der Waals surface area contributed by atoms with E-state index in [4.69, 9.17) is 4.74 Å². The van der Waals surface area contributed by atoms with Crippen molar-refractivity contribution in [3.8, 4) is 0 Å². The van der Waals surface area contributed by atoms with Crippen molar-refractivity contribution in [1.29, 1.82) is 0 Å². The Kier molecular flexibility index (Phi) is 7.91. The number of guanidine groups is 1. The maximum Gasteiger partial charge on any atom is 0.224 e. The standard InChI is InChI=1S/C20H32N4O2/c1-15(2)10-19(25)23-18-7-5-6-16(11-18)12-22-20(21-3)24-9-8-17(13-24)14-26-4/h5-7,11,15,17H,8-10,12-14H2,1-4H3,(H,21,22)(H,23,25). The van der Waals surface area contributed by atoms with Gasteiger partial charge in [0.2, 0.25) is 5.91 Å². The van der Waals surface area contributed by atoms with Crippen molar-refractivity contribution in [1.82, 2.24) is 10.2 Å². The number of nitrogens with zero attached hydrogens (tertiary/aromatic N) is 2. The van der Waals surface area contributed by atoms with E-state index < -0.39 is 0 Å². The zero-order chi connectivity index (χ0) is 18.9. The van der Waals surface area contributed by atoms with E-state index in [9.17, 15) is 4.79 Å². The normalized spacial score (nSPS) is 17.7. The first-order chi connectivity index (χ1) is 12.5. The van der Waals surface area contributed by atoms with E-state index in [1.807, 2.05) is 39.1 Å². The number of nitrogens with one attached hydrogen (secondary N) is 2. The maximum atomic E-state index is 11.9. The first-order valence-electron chi connectivity index (χ1n) is 9.35. The molecule has 1 fully saturated rings. The summed E-state index contributed by atoms with van der Waals surface area (Å²) in [7, 11) is 3.57. The summed E-state index contributed by atoms with van der Waals surface area (Å²) in [6.45, 7) is 7.53. The van der Waals surface area contributed by atoms with E-state index in [-0.39, 0.29) is 5.91 Å². The second kappa shape index (κ2) is 10.2. The van der Waals surface area contributed by atoms with Gasteiger partial charge in [0, 0.05) is 51.8 Å². The van der Waals surface area contributed by atoms with Gasteiger partial charge in [-0.3, -0.25) is 9.79 Å². The molecule has 6 heteroatoms. The summed E-state index contributed by atoms with van der Waals surface area (Å²) in [5, 5.41) is 6.39. The Morgan fingerprint density at radius 2 is 2.23 bits per heavy atom. The Morgan fingerprint density at radius 1 is 1.42 bits per heavy atom. The van der Waals surface area contributed by atoms with Crippen LogP contribution in [0.25, 0.3) is 0 Å². The van der Waals surface area contributed by atoms with Crippen LogP contribution in [-0.4, -0.2) is 50.6 Å². The SMILES string of the molecule is CN=C(NCc1cccc(NC(=O)CC(C)C)c1)N1CCC(COC)C1. The van der Waals surface area contributed by atoms with Crippen molar-refractivity contribution < 1.29 is 9.53 Å². The lowest BCUT2D eigenvalue weighted by atomic mass is 10.1. The lowest BCUT2D eigenvalue weighted by Crippen LogP contribution is -2.39. The molecule has 0 aromatic heterocycles. The maximum absolute atomic E-state index is 11.9. The summed E-state index contributed by atoms with van der Waals surface area (Å²) in [4.78, 5) is 18.6. The zero-order valence-corrected chi connectivity index (χ0v) is 16.4. The number of likely N-dealkylation sites (tertiary alicyclic amines) is 1. The highest BCUT2D eigenvalue weighted by atomic mass is 16.5. The molecule has 6 nitrogen and oxygen atoms in total. The summed E-state index contributed by atoms with van der Waals surface area (Å²) in [6.07, 6.45) is 1.67. The number of anilines is 1. The van der Waals surface area contributed by atoms with Crippen molar-refractivity contribution in [2.75, 3.05) is 39.2 Å². The van der Waals surface area contributed by atoms with Gasteiger partial charge >= 0.3 is 0 Å². The van der Waals surface area contributed by atoms with Gasteiger partial charge in [-0.1, -0.05) is 26.0 Å². The number of carbonyl (C=O) groups is 1. The van der Waals surface area contributed by atoms with E-state index in [0.717, 1.165) is 43.3 Å². The smallest absolute Gasteiger partial charge is 0.224 e. The molecule has 1 aliphatic heterocycles. The van der Waals surface area contributed by atoms with Crippen molar-refractivity contribution in [3.05, 3.63) is 29.8 Å². The summed E-state index contributed by atoms with van der Waals surface area (Å²) in [5.41, 5.74) is 1.95. The van der Waals surface area contributed by atoms with Gasteiger partial charge in [0.15, 0.2) is 5.96 Å². The van der Waals surface area contributed by atoms with Crippen LogP contribution < -0.4 is 10.6 Å². The Morgan fingerprint density at radius 3 is 2.92 bits per heavy atom. The van der Waals surface area contributed by atoms with Gasteiger partial charge in [-0.05, 0) is 30.0 Å². The third-order valence-corrected chi connectivity index (χ3v) is 4.45. The zero-order valence-electron chi connectivity index (χ0n) is 16.4. The quantitative estimate of drug-likeness (QED) is 0.580. The minimum absolute atomic E-state index is 0.0576. The van der Waals surface area contributed by atoms with Gasteiger partial charge in [0.05, 0.1) is 6.61 Å². The molecule has 26 heavy (non-hydrogen) atoms. The van der Waals surface area contributed by atoms with E-state index in [1.54, 1.807) is 7.11 Å². The molecule has 0 radical (unpaired) electrons. The fraction of sp³-hybridized carbons (Fsp3) is 0.600. The van der Waals surface area contributed by atoms with Crippen molar-refractivity contribution in [2.24, 2.45) is 16.8 Å². The third-order valence-electron chi connectivity index (χ3n) is 4.45. The van der Waals surface area contributed by atoms with Crippen molar-refractivity contribution in [2.45, 2.75) is 33.2 Å². The lowest BCUT2D eigenvalue weighted by molar-refractivity contribution is -0.116. The van der Waals surface area contributed by atoms with Crippen LogP contribution >= 0.6 is 0 Å². The first-order valence-corrected chi connectivity index (χ1v) is 9.35. The highest BCUT2D eigenvalue weighted by Crippen LogP contribution is 2.17. The number of aliphatic imine (C=N–C) groups is 1. The predicted octanol–water partition coefficient (Wildman–Crippen LogP) is 2.71. The molecule has 1 heterocycles. The number of amides is 1. The van der Waals surface area contributed by atoms with Crippen LogP contribution in [0.1, 0.15) is 32.3 Å². The topological polar surface area (TPSA) is 66.0 Å². The molecule has 0 aliphatic carbocycles. The average molecular weight is 361 g/mol. The summed E-state index contributed by atoms with van der Waals surface area (Å²) in [6, 6.07) is 7.95. The van der Waals surface area contributed by atoms with Gasteiger partial charge in [-0.2, -0.15) is 0 Å². The van der Waals surface area contributed by atoms with E-state index in [2.05, 4.69) is 26.6 Å². The summed E-state index contributed by atoms with van der Waals surface area (Å²) in [5.74, 6) is 1.89. The molecule has 0 spiro atoms. The summed E-state index contributed by atoms with van der Waals surface area (Å²) >= 11 is 0. The fourth-order valence-corrected chi connectivity index (χ4v) is 3.25. The minimum atomic E-state index is 0.0576. The monoisotopic (exact) mass is 360 g/mol. The molecule has 1 aliphatic rings. The van der Waals surface area contributed by atoms with E-state index in [1.165, 1.54) is 0 Å². The Bertz CT molecular complexity index is 616. The van der Waals surface area contributed by atoms with Gasteiger partial charge < -0.3 is 20.3 Å². The van der Waals surface area contributed by atoms with Crippen LogP contribution in [0.3, 0.4) is 0 Å². The van der Waals surface area contributed by atoms with Gasteiger partial charge in [-0.25, -0.2) is 0 Å². The fourth-order valence-electron chi connectivity index (χ4n) is 3.25. The van der Waals surface area contributed by atoms with Crippen LogP contribution in [-0.2, 0) is 16.1 Å². The molecule has 0 saturated carbocycles. The summed E-state index contributed by atoms with van der Waals surface area (Å²) < 4.78 is 5.26. The van der Waals surface area contributed by atoms with Gasteiger partial charge in [0.25, 0.3) is 0 Å². The van der Waals surface area contributed by atoms with Crippen molar-refractivity contribution in [3.63, 3.8) is 0 Å². The van der Waals surface area contributed by atoms with Crippen molar-refractivity contribution >= 4 is 17.6 Å². The lowest BCUT2D eigenvalue weighted by Gasteiger charge is -2.22. The highest BCUT2D eigenvalue weighted by Gasteiger charge is 2.24. The van der Waals surface area contributed by atoms with Gasteiger partial charge in [0.1, 0.15) is 0 Å². The van der Waals surface area contributed by atoms with Crippen LogP contribution in [0, 0.1) is 11.8 Å². The van der Waals surface area contributed by atoms with Crippen LogP contribution in [0.15, 0.2) is 29.3 Å². The van der Waals surface area contributed by atoms with Gasteiger partial charge in [-0.15, -0.1) is 0 Å². The van der Waals surface area contributed by atoms with Crippen LogP contribution in [0.2, 0.25) is 0 Å². The average Bonchev–Trinajstić information content (AvgIpc) is 3.04. The number of hydrogen-bond acceptors (Lipinski definition) is 3. The molecule has 144 valence electrons. The minimum Gasteiger partial charge on any atom is -0.384 e. The number of rotatable bonds is 7. The van der Waals surface area contributed by atoms with Crippen LogP contribution in [0.5, 0.6) is 0 Å². The highest BCUT2D eigenvalue weighted by molar-refractivity contribution is 5.90. The Labute approximate surface area is 157 Å². The molecule has 1 aromatic carbocycles. The number of hydrogen-bond donors (Lipinski definition) is 2. The molecule has 0 bridgehead atoms. The molecule has 1 atom stereocenters. The van der Waals surface area contributed by atoms with E-state index >= 15 is 0 Å². The Hall–Kier alpha value is -2.08. The number of carbonyl (C=O) groups excluding carboxylic acids is 1. The van der Waals surface area contributed by atoms with E-state index in [0.29, 0.717) is 24.8 Å². The van der Waals surface area contributed by atoms with Crippen LogP contribution in [0.4, 0.5) is 5.69 Å². The second-order valence-corrected chi connectivity index (χ2v) is 7.30. The molecular weight excluding hydrogens is 328 g/mol. The number of methoxy groups -OCH3 is 1. The molecule has 2 N–H and O–H groups in total. The Balaban J connectivity index is 1.88. The molecular formula is C20H32N4O2. The molecule has 1 aromatic rings. The molecule has 1 saturated heterocycles. The number of ether oxygens (including phenoxy) is 1. The molecule has 1 unspecified atom stereocenters. The first kappa shape index (κ1) is 20.2. The molecule has 2 rings (SSSR count).